The summed E-state index contributed by atoms with van der Waals surface area (Å²) in [5.74, 6) is -1.30. The number of Topliss-reactive ketones (excluding diaryl/α,β-unsaturated/α-hetero) is 1. The van der Waals surface area contributed by atoms with Crippen LogP contribution >= 0.6 is 0 Å². The van der Waals surface area contributed by atoms with Crippen molar-refractivity contribution in [3.05, 3.63) is 88.7 Å². The maximum absolute atomic E-state index is 13.3. The average Bonchev–Trinajstić information content (AvgIpc) is 2.66. The molecule has 0 aliphatic carbocycles. The van der Waals surface area contributed by atoms with Crippen molar-refractivity contribution in [1.82, 2.24) is 0 Å². The van der Waals surface area contributed by atoms with Crippen LogP contribution < -0.4 is 5.14 Å². The number of nitrogens with two attached hydrogens (primary N) is 1. The lowest BCUT2D eigenvalue weighted by Crippen LogP contribution is -2.14. The van der Waals surface area contributed by atoms with Gasteiger partial charge in [0.25, 0.3) is 0 Å². The number of carbonyl (C=O) groups is 1. The Bertz CT molecular complexity index is 1250. The minimum Gasteiger partial charge on any atom is -0.294 e. The summed E-state index contributed by atoms with van der Waals surface area (Å²) >= 11 is 0. The minimum atomic E-state index is -4.73. The fourth-order valence-corrected chi connectivity index (χ4v) is 4.03. The van der Waals surface area contributed by atoms with E-state index in [1.54, 1.807) is 13.0 Å². The van der Waals surface area contributed by atoms with E-state index in [0.717, 1.165) is 12.1 Å². The van der Waals surface area contributed by atoms with Crippen LogP contribution in [0, 0.1) is 12.7 Å². The highest BCUT2D eigenvalue weighted by Gasteiger charge is 2.34. The Balaban J connectivity index is 1.85. The molecule has 3 aromatic rings. The topological polar surface area (TPSA) is 77.2 Å². The molecular weight excluding hydrogens is 434 g/mol. The summed E-state index contributed by atoms with van der Waals surface area (Å²) < 4.78 is 76.0. The summed E-state index contributed by atoms with van der Waals surface area (Å²) in [7, 11) is -3.87. The van der Waals surface area contributed by atoms with E-state index in [9.17, 15) is 30.8 Å². The van der Waals surface area contributed by atoms with Crippen LogP contribution in [0.15, 0.2) is 65.6 Å². The molecule has 0 bridgehead atoms. The predicted octanol–water partition coefficient (Wildman–Crippen LogP) is 4.89. The summed E-state index contributed by atoms with van der Waals surface area (Å²) in [6.45, 7) is 1.56. The van der Waals surface area contributed by atoms with Gasteiger partial charge in [-0.3, -0.25) is 4.79 Å². The van der Waals surface area contributed by atoms with Gasteiger partial charge < -0.3 is 0 Å². The second-order valence-corrected chi connectivity index (χ2v) is 8.54. The maximum atomic E-state index is 13.3. The number of hydrogen-bond donors (Lipinski definition) is 1. The first-order chi connectivity index (χ1) is 14.4. The van der Waals surface area contributed by atoms with Gasteiger partial charge in [-0.2, -0.15) is 13.2 Å². The van der Waals surface area contributed by atoms with Crippen LogP contribution in [-0.2, 0) is 22.6 Å². The molecule has 0 heterocycles. The van der Waals surface area contributed by atoms with Crippen molar-refractivity contribution in [2.75, 3.05) is 0 Å². The van der Waals surface area contributed by atoms with E-state index in [1.165, 1.54) is 36.4 Å². The molecule has 0 aliphatic heterocycles. The van der Waals surface area contributed by atoms with E-state index in [-0.39, 0.29) is 33.8 Å². The van der Waals surface area contributed by atoms with Crippen molar-refractivity contribution in [2.45, 2.75) is 24.4 Å². The third-order valence-corrected chi connectivity index (χ3v) is 5.79. The molecule has 3 aromatic carbocycles. The highest BCUT2D eigenvalue weighted by atomic mass is 32.2. The standard InChI is InChI=1S/C22H17F4NO3S/c1-13-10-14(2-9-21(13)31(27,29)30)11-20(28)16-5-3-15(4-6-16)18-8-7-17(23)12-19(18)22(24,25)26/h2-10,12H,11H2,1H3,(H2,27,29,30). The third kappa shape index (κ3) is 5.18. The summed E-state index contributed by atoms with van der Waals surface area (Å²) in [4.78, 5) is 12.5. The third-order valence-electron chi connectivity index (χ3n) is 4.72. The van der Waals surface area contributed by atoms with Crippen LogP contribution in [0.5, 0.6) is 0 Å². The zero-order valence-electron chi connectivity index (χ0n) is 16.2. The fraction of sp³-hybridized carbons (Fsp3) is 0.136. The number of alkyl halides is 3. The van der Waals surface area contributed by atoms with Crippen molar-refractivity contribution in [2.24, 2.45) is 5.14 Å². The Labute approximate surface area is 176 Å². The maximum Gasteiger partial charge on any atom is 0.417 e. The molecule has 2 N–H and O–H groups in total. The lowest BCUT2D eigenvalue weighted by atomic mass is 9.96. The molecule has 0 amide bonds. The number of primary sulfonamides is 1. The van der Waals surface area contributed by atoms with Crippen LogP contribution in [0.2, 0.25) is 0 Å². The van der Waals surface area contributed by atoms with E-state index in [4.69, 9.17) is 5.14 Å². The minimum absolute atomic E-state index is 0.0323. The number of rotatable bonds is 5. The highest BCUT2D eigenvalue weighted by molar-refractivity contribution is 7.89. The van der Waals surface area contributed by atoms with Crippen LogP contribution in [-0.4, -0.2) is 14.2 Å². The Kier molecular flexibility index (Phi) is 6.02. The lowest BCUT2D eigenvalue weighted by Gasteiger charge is -2.13. The molecular formula is C22H17F4NO3S. The molecule has 0 fully saturated rings. The van der Waals surface area contributed by atoms with Gasteiger partial charge in [0.2, 0.25) is 10.0 Å². The number of ketones is 1. The number of aryl methyl sites for hydroxylation is 1. The van der Waals surface area contributed by atoms with Crippen molar-refractivity contribution >= 4 is 15.8 Å². The number of hydrogen-bond acceptors (Lipinski definition) is 3. The van der Waals surface area contributed by atoms with Gasteiger partial charge in [0.05, 0.1) is 10.5 Å². The smallest absolute Gasteiger partial charge is 0.294 e. The number of carbonyl (C=O) groups excluding carboxylic acids is 1. The second-order valence-electron chi connectivity index (χ2n) is 7.01. The number of halogens is 4. The molecule has 0 aromatic heterocycles. The molecule has 0 spiro atoms. The molecule has 3 rings (SSSR count). The molecule has 0 atom stereocenters. The van der Waals surface area contributed by atoms with Crippen molar-refractivity contribution in [1.29, 1.82) is 0 Å². The fourth-order valence-electron chi connectivity index (χ4n) is 3.27. The van der Waals surface area contributed by atoms with E-state index >= 15 is 0 Å². The van der Waals surface area contributed by atoms with Gasteiger partial charge in [0.15, 0.2) is 5.78 Å². The molecule has 0 unspecified atom stereocenters. The van der Waals surface area contributed by atoms with Gasteiger partial charge in [0.1, 0.15) is 5.82 Å². The predicted molar refractivity (Wildman–Crippen MR) is 107 cm³/mol. The molecule has 0 saturated heterocycles. The van der Waals surface area contributed by atoms with Gasteiger partial charge in [0, 0.05) is 12.0 Å². The lowest BCUT2D eigenvalue weighted by molar-refractivity contribution is -0.137. The summed E-state index contributed by atoms with van der Waals surface area (Å²) in [6.07, 6.45) is -4.76. The Morgan fingerprint density at radius 3 is 2.16 bits per heavy atom. The zero-order chi connectivity index (χ0) is 23.0. The molecule has 9 heteroatoms. The summed E-state index contributed by atoms with van der Waals surface area (Å²) in [5, 5.41) is 5.12. The van der Waals surface area contributed by atoms with Gasteiger partial charge >= 0.3 is 6.18 Å². The van der Waals surface area contributed by atoms with Crippen LogP contribution in [0.4, 0.5) is 17.6 Å². The monoisotopic (exact) mass is 451 g/mol. The summed E-state index contributed by atoms with van der Waals surface area (Å²) in [5.41, 5.74) is 0.139. The van der Waals surface area contributed by atoms with Gasteiger partial charge in [-0.1, -0.05) is 42.5 Å². The van der Waals surface area contributed by atoms with Gasteiger partial charge in [-0.05, 0) is 47.4 Å². The SMILES string of the molecule is Cc1cc(CC(=O)c2ccc(-c3ccc(F)cc3C(F)(F)F)cc2)ccc1S(N)(=O)=O. The molecule has 0 radical (unpaired) electrons. The molecule has 0 saturated carbocycles. The van der Waals surface area contributed by atoms with E-state index in [2.05, 4.69) is 0 Å². The first-order valence-corrected chi connectivity index (χ1v) is 10.5. The normalized spacial score (nSPS) is 12.1. The van der Waals surface area contributed by atoms with Crippen LogP contribution in [0.1, 0.15) is 27.0 Å². The van der Waals surface area contributed by atoms with E-state index in [0.29, 0.717) is 17.2 Å². The zero-order valence-corrected chi connectivity index (χ0v) is 17.0. The second kappa shape index (κ2) is 8.24. The van der Waals surface area contributed by atoms with Crippen LogP contribution in [0.25, 0.3) is 11.1 Å². The average molecular weight is 451 g/mol. The first kappa shape index (κ1) is 22.6. The van der Waals surface area contributed by atoms with Gasteiger partial charge in [-0.25, -0.2) is 17.9 Å². The number of benzene rings is 3. The van der Waals surface area contributed by atoms with Crippen molar-refractivity contribution in [3.63, 3.8) is 0 Å². The van der Waals surface area contributed by atoms with Crippen molar-refractivity contribution < 1.29 is 30.8 Å². The highest BCUT2D eigenvalue weighted by Crippen LogP contribution is 2.37. The Morgan fingerprint density at radius 1 is 0.968 bits per heavy atom. The largest absolute Gasteiger partial charge is 0.417 e. The summed E-state index contributed by atoms with van der Waals surface area (Å²) in [6, 6.07) is 12.3. The quantitative estimate of drug-likeness (QED) is 0.443. The number of sulfonamides is 1. The van der Waals surface area contributed by atoms with E-state index < -0.39 is 27.6 Å². The van der Waals surface area contributed by atoms with Crippen LogP contribution in [0.3, 0.4) is 0 Å². The molecule has 4 nitrogen and oxygen atoms in total. The Morgan fingerprint density at radius 2 is 1.61 bits per heavy atom. The Hall–Kier alpha value is -3.04. The molecule has 162 valence electrons. The van der Waals surface area contributed by atoms with E-state index in [1.807, 2.05) is 0 Å². The molecule has 31 heavy (non-hydrogen) atoms. The molecule has 0 aliphatic rings. The first-order valence-electron chi connectivity index (χ1n) is 8.99. The van der Waals surface area contributed by atoms with Gasteiger partial charge in [-0.15, -0.1) is 0 Å². The van der Waals surface area contributed by atoms with Crippen molar-refractivity contribution in [3.8, 4) is 11.1 Å².